The lowest BCUT2D eigenvalue weighted by atomic mass is 10.0. The molecule has 2 nitrogen and oxygen atoms in total. The van der Waals surface area contributed by atoms with Crippen LogP contribution in [0.3, 0.4) is 0 Å². The molecule has 1 aromatic rings. The molecule has 14 heavy (non-hydrogen) atoms. The maximum absolute atomic E-state index is 9.07. The fourth-order valence-corrected chi connectivity index (χ4v) is 1.18. The van der Waals surface area contributed by atoms with E-state index < -0.39 is 6.10 Å². The fraction of sp³-hybridized carbons (Fsp3) is 0.500. The number of aliphatic hydroxyl groups excluding tert-OH is 1. The third-order valence-corrected chi connectivity index (χ3v) is 2.02. The van der Waals surface area contributed by atoms with E-state index in [1.54, 1.807) is 6.92 Å². The molecule has 0 fully saturated rings. The van der Waals surface area contributed by atoms with Crippen molar-refractivity contribution in [1.82, 2.24) is 0 Å². The van der Waals surface area contributed by atoms with Crippen LogP contribution in [0.5, 0.6) is 5.75 Å². The molecule has 0 saturated heterocycles. The van der Waals surface area contributed by atoms with Gasteiger partial charge in [-0.2, -0.15) is 0 Å². The van der Waals surface area contributed by atoms with Crippen LogP contribution < -0.4 is 4.74 Å². The van der Waals surface area contributed by atoms with Gasteiger partial charge in [0.2, 0.25) is 0 Å². The van der Waals surface area contributed by atoms with Gasteiger partial charge in [0.1, 0.15) is 12.4 Å². The van der Waals surface area contributed by atoms with Crippen LogP contribution in [0.15, 0.2) is 24.3 Å². The van der Waals surface area contributed by atoms with E-state index in [2.05, 4.69) is 19.9 Å². The molecule has 2 heteroatoms. The molecule has 0 aliphatic carbocycles. The van der Waals surface area contributed by atoms with Gasteiger partial charge in [-0.15, -0.1) is 0 Å². The lowest BCUT2D eigenvalue weighted by molar-refractivity contribution is 0.122. The van der Waals surface area contributed by atoms with Crippen molar-refractivity contribution in [2.45, 2.75) is 32.8 Å². The van der Waals surface area contributed by atoms with Crippen LogP contribution in [0.25, 0.3) is 0 Å². The Kier molecular flexibility index (Phi) is 3.96. The molecule has 0 radical (unpaired) electrons. The summed E-state index contributed by atoms with van der Waals surface area (Å²) < 4.78 is 5.41. The number of rotatable bonds is 4. The van der Waals surface area contributed by atoms with Crippen molar-refractivity contribution in [3.63, 3.8) is 0 Å². The van der Waals surface area contributed by atoms with Gasteiger partial charge in [0.05, 0.1) is 6.10 Å². The van der Waals surface area contributed by atoms with E-state index in [-0.39, 0.29) is 0 Å². The Morgan fingerprint density at radius 2 is 2.00 bits per heavy atom. The zero-order valence-corrected chi connectivity index (χ0v) is 9.03. The zero-order chi connectivity index (χ0) is 10.6. The highest BCUT2D eigenvalue weighted by atomic mass is 16.5. The van der Waals surface area contributed by atoms with Crippen LogP contribution in [0.2, 0.25) is 0 Å². The van der Waals surface area contributed by atoms with Crippen molar-refractivity contribution >= 4 is 0 Å². The minimum absolute atomic E-state index is 0.349. The highest BCUT2D eigenvalue weighted by Crippen LogP contribution is 2.20. The second kappa shape index (κ2) is 5.01. The van der Waals surface area contributed by atoms with Gasteiger partial charge in [-0.1, -0.05) is 26.0 Å². The largest absolute Gasteiger partial charge is 0.491 e. The Morgan fingerprint density at radius 3 is 2.57 bits per heavy atom. The van der Waals surface area contributed by atoms with Crippen molar-refractivity contribution in [3.05, 3.63) is 29.8 Å². The van der Waals surface area contributed by atoms with Gasteiger partial charge in [0.15, 0.2) is 0 Å². The van der Waals surface area contributed by atoms with Gasteiger partial charge in [0.25, 0.3) is 0 Å². The molecular formula is C12H18O2. The molecule has 0 amide bonds. The summed E-state index contributed by atoms with van der Waals surface area (Å²) in [6, 6.07) is 7.99. The van der Waals surface area contributed by atoms with Crippen molar-refractivity contribution < 1.29 is 9.84 Å². The van der Waals surface area contributed by atoms with Gasteiger partial charge < -0.3 is 9.84 Å². The SMILES string of the molecule is CC(C)c1cccc(OC[C@H](C)O)c1. The molecule has 1 N–H and O–H groups in total. The first-order valence-corrected chi connectivity index (χ1v) is 5.00. The minimum Gasteiger partial charge on any atom is -0.491 e. The van der Waals surface area contributed by atoms with E-state index in [4.69, 9.17) is 9.84 Å². The molecule has 1 atom stereocenters. The Balaban J connectivity index is 2.64. The van der Waals surface area contributed by atoms with Crippen molar-refractivity contribution in [2.75, 3.05) is 6.61 Å². The summed E-state index contributed by atoms with van der Waals surface area (Å²) in [6.45, 7) is 6.36. The van der Waals surface area contributed by atoms with Gasteiger partial charge >= 0.3 is 0 Å². The average molecular weight is 194 g/mol. The molecule has 0 unspecified atom stereocenters. The predicted octanol–water partition coefficient (Wildman–Crippen LogP) is 2.57. The molecular weight excluding hydrogens is 176 g/mol. The van der Waals surface area contributed by atoms with Crippen LogP contribution >= 0.6 is 0 Å². The molecule has 1 aromatic carbocycles. The van der Waals surface area contributed by atoms with Crippen LogP contribution in [-0.2, 0) is 0 Å². The van der Waals surface area contributed by atoms with E-state index in [0.29, 0.717) is 12.5 Å². The monoisotopic (exact) mass is 194 g/mol. The van der Waals surface area contributed by atoms with Crippen molar-refractivity contribution in [3.8, 4) is 5.75 Å². The number of ether oxygens (including phenoxy) is 1. The summed E-state index contributed by atoms with van der Waals surface area (Å²) in [4.78, 5) is 0. The molecule has 0 aliphatic heterocycles. The normalized spacial score (nSPS) is 12.9. The number of hydrogen-bond donors (Lipinski definition) is 1. The molecule has 0 aromatic heterocycles. The van der Waals surface area contributed by atoms with E-state index in [0.717, 1.165) is 5.75 Å². The third kappa shape index (κ3) is 3.38. The molecule has 78 valence electrons. The van der Waals surface area contributed by atoms with E-state index in [1.807, 2.05) is 18.2 Å². The Hall–Kier alpha value is -1.02. The van der Waals surface area contributed by atoms with Crippen LogP contribution in [0.1, 0.15) is 32.3 Å². The summed E-state index contributed by atoms with van der Waals surface area (Å²) >= 11 is 0. The maximum atomic E-state index is 9.07. The lowest BCUT2D eigenvalue weighted by Crippen LogP contribution is -2.12. The number of benzene rings is 1. The van der Waals surface area contributed by atoms with Gasteiger partial charge in [0, 0.05) is 0 Å². The first-order chi connectivity index (χ1) is 6.59. The number of hydrogen-bond acceptors (Lipinski definition) is 2. The van der Waals surface area contributed by atoms with Gasteiger partial charge in [-0.25, -0.2) is 0 Å². The first kappa shape index (κ1) is 11.1. The van der Waals surface area contributed by atoms with E-state index in [9.17, 15) is 0 Å². The molecule has 0 spiro atoms. The van der Waals surface area contributed by atoms with E-state index >= 15 is 0 Å². The van der Waals surface area contributed by atoms with E-state index in [1.165, 1.54) is 5.56 Å². The standard InChI is InChI=1S/C12H18O2/c1-9(2)11-5-4-6-12(7-11)14-8-10(3)13/h4-7,9-10,13H,8H2,1-3H3/t10-/m0/s1. The second-order valence-electron chi connectivity index (χ2n) is 3.89. The molecule has 1 rings (SSSR count). The first-order valence-electron chi connectivity index (χ1n) is 5.00. The lowest BCUT2D eigenvalue weighted by Gasteiger charge is -2.10. The highest BCUT2D eigenvalue weighted by molar-refractivity contribution is 5.30. The molecule has 0 bridgehead atoms. The quantitative estimate of drug-likeness (QED) is 0.798. The predicted molar refractivity (Wildman–Crippen MR) is 57.7 cm³/mol. The van der Waals surface area contributed by atoms with Crippen molar-refractivity contribution in [1.29, 1.82) is 0 Å². The highest BCUT2D eigenvalue weighted by Gasteiger charge is 2.02. The molecule has 0 saturated carbocycles. The summed E-state index contributed by atoms with van der Waals surface area (Å²) in [6.07, 6.45) is -0.419. The van der Waals surface area contributed by atoms with Crippen molar-refractivity contribution in [2.24, 2.45) is 0 Å². The number of aliphatic hydroxyl groups is 1. The average Bonchev–Trinajstić information content (AvgIpc) is 2.15. The topological polar surface area (TPSA) is 29.5 Å². The summed E-state index contributed by atoms with van der Waals surface area (Å²) in [5.41, 5.74) is 1.26. The fourth-order valence-electron chi connectivity index (χ4n) is 1.18. The van der Waals surface area contributed by atoms with Gasteiger partial charge in [-0.05, 0) is 30.5 Å². The maximum Gasteiger partial charge on any atom is 0.119 e. The third-order valence-electron chi connectivity index (χ3n) is 2.02. The zero-order valence-electron chi connectivity index (χ0n) is 9.03. The summed E-state index contributed by atoms with van der Waals surface area (Å²) in [7, 11) is 0. The second-order valence-corrected chi connectivity index (χ2v) is 3.89. The summed E-state index contributed by atoms with van der Waals surface area (Å²) in [5, 5.41) is 9.07. The minimum atomic E-state index is -0.419. The van der Waals surface area contributed by atoms with Crippen LogP contribution in [-0.4, -0.2) is 17.8 Å². The Labute approximate surface area is 85.5 Å². The molecule has 0 heterocycles. The van der Waals surface area contributed by atoms with Crippen LogP contribution in [0, 0.1) is 0 Å². The van der Waals surface area contributed by atoms with Crippen LogP contribution in [0.4, 0.5) is 0 Å². The Bertz CT molecular complexity index is 279. The molecule has 0 aliphatic rings. The Morgan fingerprint density at radius 1 is 1.29 bits per heavy atom. The van der Waals surface area contributed by atoms with Gasteiger partial charge in [-0.3, -0.25) is 0 Å². The summed E-state index contributed by atoms with van der Waals surface area (Å²) in [5.74, 6) is 1.34. The smallest absolute Gasteiger partial charge is 0.119 e.